The van der Waals surface area contributed by atoms with Crippen LogP contribution in [0.25, 0.3) is 10.2 Å². The van der Waals surface area contributed by atoms with Crippen LogP contribution in [0.2, 0.25) is 0 Å². The Morgan fingerprint density at radius 2 is 2.00 bits per heavy atom. The largest absolute Gasteiger partial charge is 0.297 e. The van der Waals surface area contributed by atoms with Gasteiger partial charge in [0.05, 0.1) is 20.9 Å². The van der Waals surface area contributed by atoms with E-state index in [2.05, 4.69) is 29.1 Å². The van der Waals surface area contributed by atoms with Gasteiger partial charge in [-0.3, -0.25) is 10.1 Å². The predicted octanol–water partition coefficient (Wildman–Crippen LogP) is 4.51. The lowest BCUT2D eigenvalue weighted by Crippen LogP contribution is -2.11. The molecule has 0 atom stereocenters. The van der Waals surface area contributed by atoms with E-state index in [0.717, 1.165) is 27.3 Å². The normalized spacial score (nSPS) is 11.3. The van der Waals surface area contributed by atoms with Gasteiger partial charge in [-0.25, -0.2) is 9.97 Å². The molecule has 0 bridgehead atoms. The van der Waals surface area contributed by atoms with Crippen molar-refractivity contribution in [1.29, 1.82) is 0 Å². The third-order valence-electron chi connectivity index (χ3n) is 3.14. The first-order chi connectivity index (χ1) is 10.5. The molecule has 6 heteroatoms. The molecule has 0 unspecified atom stereocenters. The Morgan fingerprint density at radius 1 is 1.23 bits per heavy atom. The van der Waals surface area contributed by atoms with Gasteiger partial charge in [0.1, 0.15) is 4.88 Å². The topological polar surface area (TPSA) is 54.9 Å². The van der Waals surface area contributed by atoms with Crippen LogP contribution in [-0.4, -0.2) is 15.9 Å². The van der Waals surface area contributed by atoms with Crippen LogP contribution >= 0.6 is 22.7 Å². The van der Waals surface area contributed by atoms with Gasteiger partial charge in [-0.2, -0.15) is 0 Å². The average molecular weight is 331 g/mol. The van der Waals surface area contributed by atoms with Gasteiger partial charge in [0.2, 0.25) is 0 Å². The molecule has 2 heterocycles. The number of fused-ring (bicyclic) bond motifs is 1. The molecular weight excluding hydrogens is 314 g/mol. The summed E-state index contributed by atoms with van der Waals surface area (Å²) < 4.78 is 1.07. The molecule has 22 heavy (non-hydrogen) atoms. The summed E-state index contributed by atoms with van der Waals surface area (Å²) in [6, 6.07) is 7.86. The van der Waals surface area contributed by atoms with Crippen molar-refractivity contribution in [1.82, 2.24) is 9.97 Å². The lowest BCUT2D eigenvalue weighted by atomic mass is 10.1. The van der Waals surface area contributed by atoms with E-state index in [-0.39, 0.29) is 5.91 Å². The zero-order valence-corrected chi connectivity index (χ0v) is 14.3. The van der Waals surface area contributed by atoms with Crippen LogP contribution in [0, 0.1) is 12.8 Å². The highest BCUT2D eigenvalue weighted by Gasteiger charge is 2.17. The quantitative estimate of drug-likeness (QED) is 0.765. The summed E-state index contributed by atoms with van der Waals surface area (Å²) in [7, 11) is 0. The molecule has 1 N–H and O–H groups in total. The van der Waals surface area contributed by atoms with Gasteiger partial charge in [-0.15, -0.1) is 11.3 Å². The van der Waals surface area contributed by atoms with Crippen molar-refractivity contribution in [3.8, 4) is 0 Å². The maximum absolute atomic E-state index is 12.4. The second-order valence-electron chi connectivity index (χ2n) is 5.56. The van der Waals surface area contributed by atoms with Crippen molar-refractivity contribution in [2.45, 2.75) is 27.2 Å². The summed E-state index contributed by atoms with van der Waals surface area (Å²) in [5.74, 6) is 0.412. The molecule has 0 aliphatic heterocycles. The minimum absolute atomic E-state index is 0.121. The van der Waals surface area contributed by atoms with Crippen LogP contribution in [0.4, 0.5) is 5.13 Å². The molecule has 1 amide bonds. The zero-order chi connectivity index (χ0) is 15.7. The summed E-state index contributed by atoms with van der Waals surface area (Å²) in [5, 5.41) is 4.54. The van der Waals surface area contributed by atoms with Gasteiger partial charge in [0, 0.05) is 6.42 Å². The zero-order valence-electron chi connectivity index (χ0n) is 12.7. The summed E-state index contributed by atoms with van der Waals surface area (Å²) >= 11 is 2.96. The molecule has 0 fully saturated rings. The Hall–Kier alpha value is -1.79. The third-order valence-corrected chi connectivity index (χ3v) is 5.27. The SMILES string of the molecule is Cc1nc(CC(C)C)sc1C(=O)Nc1nc2ccccc2s1. The van der Waals surface area contributed by atoms with Crippen LogP contribution in [-0.2, 0) is 6.42 Å². The van der Waals surface area contributed by atoms with E-state index in [9.17, 15) is 4.79 Å². The standard InChI is InChI=1S/C16H17N3OS2/c1-9(2)8-13-17-10(3)14(22-13)15(20)19-16-18-11-6-4-5-7-12(11)21-16/h4-7,9H,8H2,1-3H3,(H,18,19,20). The third kappa shape index (κ3) is 3.18. The maximum Gasteiger partial charge on any atom is 0.269 e. The van der Waals surface area contributed by atoms with E-state index in [1.165, 1.54) is 22.7 Å². The minimum Gasteiger partial charge on any atom is -0.297 e. The fourth-order valence-electron chi connectivity index (χ4n) is 2.18. The number of hydrogen-bond donors (Lipinski definition) is 1. The van der Waals surface area contributed by atoms with Gasteiger partial charge in [-0.05, 0) is 25.0 Å². The van der Waals surface area contributed by atoms with Crippen molar-refractivity contribution >= 4 is 43.9 Å². The van der Waals surface area contributed by atoms with Gasteiger partial charge in [0.15, 0.2) is 5.13 Å². The average Bonchev–Trinajstić information content (AvgIpc) is 3.00. The Bertz CT molecular complexity index is 787. The summed E-state index contributed by atoms with van der Waals surface area (Å²) in [6.07, 6.45) is 0.903. The van der Waals surface area contributed by atoms with Gasteiger partial charge in [-0.1, -0.05) is 37.3 Å². The number of carbonyl (C=O) groups excluding carboxylic acids is 1. The number of anilines is 1. The Labute approximate surface area is 137 Å². The number of aryl methyl sites for hydroxylation is 1. The van der Waals surface area contributed by atoms with E-state index in [0.29, 0.717) is 15.9 Å². The molecule has 0 saturated heterocycles. The summed E-state index contributed by atoms with van der Waals surface area (Å²) in [4.78, 5) is 22.0. The number of carbonyl (C=O) groups is 1. The molecule has 0 radical (unpaired) electrons. The van der Waals surface area contributed by atoms with Gasteiger partial charge >= 0.3 is 0 Å². The van der Waals surface area contributed by atoms with Gasteiger partial charge < -0.3 is 0 Å². The number of amides is 1. The number of benzene rings is 1. The fourth-order valence-corrected chi connectivity index (χ4v) is 4.21. The number of hydrogen-bond acceptors (Lipinski definition) is 5. The first kappa shape index (κ1) is 15.1. The lowest BCUT2D eigenvalue weighted by Gasteiger charge is -1.99. The van der Waals surface area contributed by atoms with Crippen molar-refractivity contribution < 1.29 is 4.79 Å². The number of rotatable bonds is 4. The Balaban J connectivity index is 1.80. The number of thiazole rings is 2. The highest BCUT2D eigenvalue weighted by molar-refractivity contribution is 7.22. The Morgan fingerprint density at radius 3 is 2.73 bits per heavy atom. The second-order valence-corrected chi connectivity index (χ2v) is 7.68. The molecule has 0 spiro atoms. The first-order valence-corrected chi connectivity index (χ1v) is 8.79. The molecule has 3 aromatic rings. The molecule has 0 aliphatic rings. The van der Waals surface area contributed by atoms with Crippen molar-refractivity contribution in [2.75, 3.05) is 5.32 Å². The molecule has 114 valence electrons. The molecule has 0 saturated carbocycles. The van der Waals surface area contributed by atoms with Crippen LogP contribution < -0.4 is 5.32 Å². The van der Waals surface area contributed by atoms with E-state index in [1.807, 2.05) is 31.2 Å². The predicted molar refractivity (Wildman–Crippen MR) is 93.0 cm³/mol. The molecule has 3 rings (SSSR count). The highest BCUT2D eigenvalue weighted by Crippen LogP contribution is 2.27. The van der Waals surface area contributed by atoms with Crippen molar-refractivity contribution in [3.05, 3.63) is 39.8 Å². The Kier molecular flexibility index (Phi) is 4.22. The number of aromatic nitrogens is 2. The van der Waals surface area contributed by atoms with Crippen LogP contribution in [0.1, 0.15) is 34.2 Å². The van der Waals surface area contributed by atoms with Crippen molar-refractivity contribution in [2.24, 2.45) is 5.92 Å². The monoisotopic (exact) mass is 331 g/mol. The number of nitrogens with one attached hydrogen (secondary N) is 1. The molecule has 2 aromatic heterocycles. The summed E-state index contributed by atoms with van der Waals surface area (Å²) in [6.45, 7) is 6.18. The summed E-state index contributed by atoms with van der Waals surface area (Å²) in [5.41, 5.74) is 1.70. The smallest absolute Gasteiger partial charge is 0.269 e. The van der Waals surface area contributed by atoms with Crippen LogP contribution in [0.15, 0.2) is 24.3 Å². The number of para-hydroxylation sites is 1. The molecular formula is C16H17N3OS2. The molecule has 1 aromatic carbocycles. The molecule has 4 nitrogen and oxygen atoms in total. The second kappa shape index (κ2) is 6.14. The van der Waals surface area contributed by atoms with E-state index in [1.54, 1.807) is 0 Å². The van der Waals surface area contributed by atoms with Crippen molar-refractivity contribution in [3.63, 3.8) is 0 Å². The van der Waals surface area contributed by atoms with Crippen LogP contribution in [0.3, 0.4) is 0 Å². The number of nitrogens with zero attached hydrogens (tertiary/aromatic N) is 2. The van der Waals surface area contributed by atoms with E-state index in [4.69, 9.17) is 0 Å². The minimum atomic E-state index is -0.121. The lowest BCUT2D eigenvalue weighted by molar-refractivity contribution is 0.103. The maximum atomic E-state index is 12.4. The van der Waals surface area contributed by atoms with Gasteiger partial charge in [0.25, 0.3) is 5.91 Å². The first-order valence-electron chi connectivity index (χ1n) is 7.16. The van der Waals surface area contributed by atoms with Crippen LogP contribution in [0.5, 0.6) is 0 Å². The highest BCUT2D eigenvalue weighted by atomic mass is 32.1. The van der Waals surface area contributed by atoms with E-state index >= 15 is 0 Å². The van der Waals surface area contributed by atoms with E-state index < -0.39 is 0 Å². The molecule has 0 aliphatic carbocycles. The fraction of sp³-hybridized carbons (Fsp3) is 0.312.